The molecule has 0 atom stereocenters. The first-order valence-electron chi connectivity index (χ1n) is 7.07. The Bertz CT molecular complexity index is 447. The van der Waals surface area contributed by atoms with E-state index in [0.717, 1.165) is 18.8 Å². The number of carbonyl (C=O) groups excluding carboxylic acids is 1. The van der Waals surface area contributed by atoms with E-state index in [1.807, 2.05) is 11.8 Å². The van der Waals surface area contributed by atoms with E-state index in [9.17, 15) is 4.79 Å². The number of nitrogens with one attached hydrogen (secondary N) is 1. The smallest absolute Gasteiger partial charge is 0.257 e. The van der Waals surface area contributed by atoms with Gasteiger partial charge in [0, 0.05) is 25.0 Å². The highest BCUT2D eigenvalue weighted by Crippen LogP contribution is 2.18. The summed E-state index contributed by atoms with van der Waals surface area (Å²) in [7, 11) is 0. The van der Waals surface area contributed by atoms with E-state index < -0.39 is 0 Å². The molecule has 1 heterocycles. The summed E-state index contributed by atoms with van der Waals surface area (Å²) in [6.07, 6.45) is 1.60. The van der Waals surface area contributed by atoms with Crippen molar-refractivity contribution < 1.29 is 4.79 Å². The fourth-order valence-electron chi connectivity index (χ4n) is 2.14. The van der Waals surface area contributed by atoms with Crippen molar-refractivity contribution >= 4 is 11.6 Å². The van der Waals surface area contributed by atoms with Crippen molar-refractivity contribution in [1.82, 2.24) is 9.88 Å². The van der Waals surface area contributed by atoms with Gasteiger partial charge in [0.25, 0.3) is 5.91 Å². The number of amides is 1. The zero-order valence-electron chi connectivity index (χ0n) is 13.1. The Balaban J connectivity index is 3.04. The molecule has 1 amide bonds. The van der Waals surface area contributed by atoms with Gasteiger partial charge in [-0.1, -0.05) is 27.7 Å². The Labute approximate surface area is 121 Å². The summed E-state index contributed by atoms with van der Waals surface area (Å²) >= 11 is 0. The van der Waals surface area contributed by atoms with Gasteiger partial charge in [-0.3, -0.25) is 15.6 Å². The zero-order chi connectivity index (χ0) is 15.3. The van der Waals surface area contributed by atoms with Gasteiger partial charge >= 0.3 is 0 Å². The first-order valence-corrected chi connectivity index (χ1v) is 7.07. The lowest BCUT2D eigenvalue weighted by atomic mass is 10.1. The molecule has 0 saturated carbocycles. The van der Waals surface area contributed by atoms with Crippen LogP contribution in [0.5, 0.6) is 0 Å². The van der Waals surface area contributed by atoms with Crippen molar-refractivity contribution in [3.05, 3.63) is 23.5 Å². The normalized spacial score (nSPS) is 11.0. The van der Waals surface area contributed by atoms with Crippen molar-refractivity contribution in [1.29, 1.82) is 0 Å². The summed E-state index contributed by atoms with van der Waals surface area (Å²) < 4.78 is 0. The first-order chi connectivity index (χ1) is 9.35. The van der Waals surface area contributed by atoms with Crippen LogP contribution in [0.1, 0.15) is 43.7 Å². The van der Waals surface area contributed by atoms with Crippen LogP contribution in [0, 0.1) is 18.8 Å². The maximum absolute atomic E-state index is 12.7. The standard InChI is InChI=1S/C15H26N4O/c1-10(2)8-19(9-11(3)4)15(20)13-7-17-12(5)6-14(13)18-16/h6-7,10-11H,8-9,16H2,1-5H3,(H,17,18). The molecule has 5 heteroatoms. The number of nitrogen functional groups attached to an aromatic ring is 1. The first kappa shape index (κ1) is 16.4. The summed E-state index contributed by atoms with van der Waals surface area (Å²) in [5, 5.41) is 0. The van der Waals surface area contributed by atoms with Gasteiger partial charge in [-0.15, -0.1) is 0 Å². The van der Waals surface area contributed by atoms with Crippen molar-refractivity contribution in [2.24, 2.45) is 17.7 Å². The van der Waals surface area contributed by atoms with Crippen LogP contribution >= 0.6 is 0 Å². The summed E-state index contributed by atoms with van der Waals surface area (Å²) in [5.74, 6) is 6.33. The fourth-order valence-corrected chi connectivity index (χ4v) is 2.14. The second-order valence-corrected chi connectivity index (χ2v) is 6.01. The van der Waals surface area contributed by atoms with Gasteiger partial charge in [0.15, 0.2) is 0 Å². The van der Waals surface area contributed by atoms with E-state index >= 15 is 0 Å². The molecule has 3 N–H and O–H groups in total. The molecular formula is C15H26N4O. The highest BCUT2D eigenvalue weighted by molar-refractivity contribution is 5.99. The molecule has 0 unspecified atom stereocenters. The SMILES string of the molecule is Cc1cc(NN)c(C(=O)N(CC(C)C)CC(C)C)cn1. The molecule has 0 aromatic carbocycles. The van der Waals surface area contributed by atoms with Crippen LogP contribution in [0.2, 0.25) is 0 Å². The van der Waals surface area contributed by atoms with Gasteiger partial charge in [-0.05, 0) is 24.8 Å². The molecule has 0 fully saturated rings. The van der Waals surface area contributed by atoms with E-state index in [1.54, 1.807) is 12.3 Å². The Morgan fingerprint density at radius 1 is 1.30 bits per heavy atom. The molecule has 112 valence electrons. The van der Waals surface area contributed by atoms with E-state index in [2.05, 4.69) is 38.1 Å². The number of nitrogens with two attached hydrogens (primary N) is 1. The molecule has 0 radical (unpaired) electrons. The largest absolute Gasteiger partial charge is 0.338 e. The predicted molar refractivity (Wildman–Crippen MR) is 82.4 cm³/mol. The fraction of sp³-hybridized carbons (Fsp3) is 0.600. The van der Waals surface area contributed by atoms with Crippen molar-refractivity contribution in [2.45, 2.75) is 34.6 Å². The summed E-state index contributed by atoms with van der Waals surface area (Å²) in [5.41, 5.74) is 4.57. The zero-order valence-corrected chi connectivity index (χ0v) is 13.1. The lowest BCUT2D eigenvalue weighted by molar-refractivity contribution is 0.0715. The molecule has 20 heavy (non-hydrogen) atoms. The number of rotatable bonds is 6. The molecule has 0 bridgehead atoms. The molecule has 1 aromatic rings. The van der Waals surface area contributed by atoms with Gasteiger partial charge < -0.3 is 10.3 Å². The minimum atomic E-state index is -0.0205. The number of anilines is 1. The highest BCUT2D eigenvalue weighted by Gasteiger charge is 2.21. The molecule has 0 spiro atoms. The number of hydrogen-bond acceptors (Lipinski definition) is 4. The minimum absolute atomic E-state index is 0.0205. The Hall–Kier alpha value is -1.62. The number of carbonyl (C=O) groups is 1. The van der Waals surface area contributed by atoms with Crippen LogP contribution in [0.15, 0.2) is 12.3 Å². The molecule has 1 rings (SSSR count). The summed E-state index contributed by atoms with van der Waals surface area (Å²) in [6.45, 7) is 11.8. The topological polar surface area (TPSA) is 71.2 Å². The molecule has 0 aliphatic rings. The average molecular weight is 278 g/mol. The third-order valence-electron chi connectivity index (χ3n) is 2.88. The van der Waals surface area contributed by atoms with Gasteiger partial charge in [0.2, 0.25) is 0 Å². The van der Waals surface area contributed by atoms with Gasteiger partial charge in [0.1, 0.15) is 0 Å². The number of hydrazine groups is 1. The van der Waals surface area contributed by atoms with Gasteiger partial charge in [-0.25, -0.2) is 0 Å². The number of nitrogens with zero attached hydrogens (tertiary/aromatic N) is 2. The van der Waals surface area contributed by atoms with E-state index in [4.69, 9.17) is 5.84 Å². The summed E-state index contributed by atoms with van der Waals surface area (Å²) in [6, 6.07) is 1.79. The van der Waals surface area contributed by atoms with Crippen molar-refractivity contribution in [2.75, 3.05) is 18.5 Å². The molecule has 0 aliphatic carbocycles. The quantitative estimate of drug-likeness (QED) is 0.619. The number of aromatic nitrogens is 1. The lowest BCUT2D eigenvalue weighted by Crippen LogP contribution is -2.37. The highest BCUT2D eigenvalue weighted by atomic mass is 16.2. The van der Waals surface area contributed by atoms with Crippen LogP contribution in [0.25, 0.3) is 0 Å². The third-order valence-corrected chi connectivity index (χ3v) is 2.88. The second kappa shape index (κ2) is 7.24. The molecular weight excluding hydrogens is 252 g/mol. The monoisotopic (exact) mass is 278 g/mol. The van der Waals surface area contributed by atoms with Gasteiger partial charge in [0.05, 0.1) is 11.3 Å². The Morgan fingerprint density at radius 3 is 2.30 bits per heavy atom. The van der Waals surface area contributed by atoms with E-state index in [0.29, 0.717) is 23.1 Å². The predicted octanol–water partition coefficient (Wildman–Crippen LogP) is 2.43. The van der Waals surface area contributed by atoms with E-state index in [1.165, 1.54) is 0 Å². The van der Waals surface area contributed by atoms with E-state index in [-0.39, 0.29) is 5.91 Å². The number of hydrogen-bond donors (Lipinski definition) is 2. The maximum Gasteiger partial charge on any atom is 0.257 e. The van der Waals surface area contributed by atoms with Crippen LogP contribution in [-0.2, 0) is 0 Å². The minimum Gasteiger partial charge on any atom is -0.338 e. The summed E-state index contributed by atoms with van der Waals surface area (Å²) in [4.78, 5) is 18.8. The molecule has 1 aromatic heterocycles. The van der Waals surface area contributed by atoms with Crippen molar-refractivity contribution in [3.8, 4) is 0 Å². The Kier molecular flexibility index (Phi) is 5.95. The maximum atomic E-state index is 12.7. The number of pyridine rings is 1. The Morgan fingerprint density at radius 2 is 1.85 bits per heavy atom. The van der Waals surface area contributed by atoms with Crippen molar-refractivity contribution in [3.63, 3.8) is 0 Å². The van der Waals surface area contributed by atoms with Crippen LogP contribution in [0.4, 0.5) is 5.69 Å². The lowest BCUT2D eigenvalue weighted by Gasteiger charge is -2.27. The average Bonchev–Trinajstić information content (AvgIpc) is 2.35. The van der Waals surface area contributed by atoms with Crippen LogP contribution < -0.4 is 11.3 Å². The number of aryl methyl sites for hydroxylation is 1. The molecule has 0 aliphatic heterocycles. The molecule has 0 saturated heterocycles. The van der Waals surface area contributed by atoms with Gasteiger partial charge in [-0.2, -0.15) is 0 Å². The second-order valence-electron chi connectivity index (χ2n) is 6.01. The van der Waals surface area contributed by atoms with Crippen LogP contribution in [-0.4, -0.2) is 28.9 Å². The third kappa shape index (κ3) is 4.49. The van der Waals surface area contributed by atoms with Crippen LogP contribution in [0.3, 0.4) is 0 Å². The molecule has 5 nitrogen and oxygen atoms in total.